The molecule has 5 nitrogen and oxygen atoms in total. The van der Waals surface area contributed by atoms with Crippen LogP contribution in [0.3, 0.4) is 0 Å². The van der Waals surface area contributed by atoms with Gasteiger partial charge in [0, 0.05) is 18.7 Å². The molecule has 0 bridgehead atoms. The third-order valence-corrected chi connectivity index (χ3v) is 3.47. The molecule has 1 saturated heterocycles. The lowest BCUT2D eigenvalue weighted by Crippen LogP contribution is -2.36. The first-order valence-corrected chi connectivity index (χ1v) is 6.24. The Bertz CT molecular complexity index is 453. The molecule has 1 aromatic carbocycles. The summed E-state index contributed by atoms with van der Waals surface area (Å²) < 4.78 is 5.35. The minimum absolute atomic E-state index is 0.0150. The van der Waals surface area contributed by atoms with Gasteiger partial charge in [-0.2, -0.15) is 0 Å². The van der Waals surface area contributed by atoms with E-state index in [1.165, 1.54) is 6.07 Å². The van der Waals surface area contributed by atoms with Crippen molar-refractivity contribution in [2.45, 2.75) is 19.4 Å². The second-order valence-electron chi connectivity index (χ2n) is 4.48. The normalized spacial score (nSPS) is 23.7. The van der Waals surface area contributed by atoms with Crippen LogP contribution in [0.25, 0.3) is 0 Å². The summed E-state index contributed by atoms with van der Waals surface area (Å²) in [7, 11) is 0. The van der Waals surface area contributed by atoms with Gasteiger partial charge in [0.2, 0.25) is 0 Å². The van der Waals surface area contributed by atoms with Crippen LogP contribution in [0.15, 0.2) is 18.2 Å². The molecule has 1 aromatic rings. The Hall–Kier alpha value is -1.33. The molecule has 6 heteroatoms. The number of para-hydroxylation sites is 1. The molecule has 0 unspecified atom stereocenters. The third-order valence-electron chi connectivity index (χ3n) is 3.16. The summed E-state index contributed by atoms with van der Waals surface area (Å²) in [4.78, 5) is 10.6. The molecular weight excluding hydrogens is 256 g/mol. The summed E-state index contributed by atoms with van der Waals surface area (Å²) in [6.07, 6.45) is 0.823. The smallest absolute Gasteiger partial charge is 0.293 e. The van der Waals surface area contributed by atoms with Crippen molar-refractivity contribution >= 4 is 23.0 Å². The number of rotatable bonds is 3. The predicted molar refractivity (Wildman–Crippen MR) is 70.1 cm³/mol. The molecule has 1 aliphatic rings. The largest absolute Gasteiger partial charge is 0.381 e. The zero-order valence-corrected chi connectivity index (χ0v) is 10.8. The van der Waals surface area contributed by atoms with Crippen LogP contribution in [0.5, 0.6) is 0 Å². The molecule has 1 heterocycles. The van der Waals surface area contributed by atoms with Crippen molar-refractivity contribution in [2.24, 2.45) is 5.92 Å². The maximum absolute atomic E-state index is 11.0. The monoisotopic (exact) mass is 270 g/mol. The molecule has 0 saturated carbocycles. The number of nitro benzene ring substituents is 1. The average Bonchev–Trinajstić information content (AvgIpc) is 2.34. The molecule has 1 aliphatic heterocycles. The lowest BCUT2D eigenvalue weighted by molar-refractivity contribution is -0.384. The number of nitro groups is 1. The summed E-state index contributed by atoms with van der Waals surface area (Å²) >= 11 is 6.04. The average molecular weight is 271 g/mol. The van der Waals surface area contributed by atoms with Gasteiger partial charge in [0.1, 0.15) is 5.69 Å². The highest BCUT2D eigenvalue weighted by Crippen LogP contribution is 2.34. The van der Waals surface area contributed by atoms with Crippen LogP contribution in [-0.4, -0.2) is 24.2 Å². The minimum Gasteiger partial charge on any atom is -0.381 e. The van der Waals surface area contributed by atoms with E-state index in [4.69, 9.17) is 16.3 Å². The van der Waals surface area contributed by atoms with Crippen molar-refractivity contribution in [3.63, 3.8) is 0 Å². The highest BCUT2D eigenvalue weighted by molar-refractivity contribution is 6.33. The number of anilines is 1. The van der Waals surface area contributed by atoms with Crippen molar-refractivity contribution in [3.8, 4) is 0 Å². The zero-order chi connectivity index (χ0) is 13.1. The second kappa shape index (κ2) is 5.54. The van der Waals surface area contributed by atoms with E-state index in [-0.39, 0.29) is 11.7 Å². The molecule has 0 aliphatic carbocycles. The van der Waals surface area contributed by atoms with Crippen LogP contribution in [0.4, 0.5) is 11.4 Å². The number of hydrogen-bond donors (Lipinski definition) is 1. The summed E-state index contributed by atoms with van der Waals surface area (Å²) in [6, 6.07) is 4.84. The van der Waals surface area contributed by atoms with Gasteiger partial charge in [0.25, 0.3) is 5.69 Å². The van der Waals surface area contributed by atoms with Crippen molar-refractivity contribution in [1.82, 2.24) is 0 Å². The Morgan fingerprint density at radius 1 is 1.56 bits per heavy atom. The van der Waals surface area contributed by atoms with E-state index in [0.29, 0.717) is 29.8 Å². The lowest BCUT2D eigenvalue weighted by Gasteiger charge is -2.30. The fraction of sp³-hybridized carbons (Fsp3) is 0.500. The third kappa shape index (κ3) is 2.73. The van der Waals surface area contributed by atoms with Crippen LogP contribution < -0.4 is 5.32 Å². The van der Waals surface area contributed by atoms with E-state index in [1.807, 2.05) is 0 Å². The molecule has 2 atom stereocenters. The van der Waals surface area contributed by atoms with E-state index < -0.39 is 4.92 Å². The minimum atomic E-state index is -0.418. The number of nitrogens with zero attached hydrogens (tertiary/aromatic N) is 1. The summed E-state index contributed by atoms with van der Waals surface area (Å²) in [5.41, 5.74) is 0.420. The van der Waals surface area contributed by atoms with Crippen LogP contribution in [0.2, 0.25) is 5.02 Å². The SMILES string of the molecule is C[C@H]1COCC[C@@H]1Nc1c(Cl)cccc1[N+](=O)[O-]. The first kappa shape index (κ1) is 13.1. The maximum atomic E-state index is 11.0. The van der Waals surface area contributed by atoms with Crippen LogP contribution in [0, 0.1) is 16.0 Å². The van der Waals surface area contributed by atoms with Gasteiger partial charge in [0.15, 0.2) is 0 Å². The fourth-order valence-corrected chi connectivity index (χ4v) is 2.31. The van der Waals surface area contributed by atoms with Crippen molar-refractivity contribution < 1.29 is 9.66 Å². The molecule has 0 spiro atoms. The Balaban J connectivity index is 2.24. The topological polar surface area (TPSA) is 64.4 Å². The summed E-state index contributed by atoms with van der Waals surface area (Å²) in [5.74, 6) is 0.301. The standard InChI is InChI=1S/C12H15ClN2O3/c1-8-7-18-6-5-10(8)14-12-9(13)3-2-4-11(12)15(16)17/h2-4,8,10,14H,5-7H2,1H3/t8-,10-/m0/s1. The Kier molecular flexibility index (Phi) is 4.04. The molecule has 0 amide bonds. The van der Waals surface area contributed by atoms with Crippen molar-refractivity contribution in [3.05, 3.63) is 33.3 Å². The van der Waals surface area contributed by atoms with E-state index in [0.717, 1.165) is 6.42 Å². The van der Waals surface area contributed by atoms with Gasteiger partial charge in [-0.1, -0.05) is 24.6 Å². The van der Waals surface area contributed by atoms with Gasteiger partial charge >= 0.3 is 0 Å². The van der Waals surface area contributed by atoms with E-state index in [1.54, 1.807) is 12.1 Å². The number of hydrogen-bond acceptors (Lipinski definition) is 4. The Morgan fingerprint density at radius 2 is 2.33 bits per heavy atom. The van der Waals surface area contributed by atoms with Crippen LogP contribution in [-0.2, 0) is 4.74 Å². The second-order valence-corrected chi connectivity index (χ2v) is 4.89. The van der Waals surface area contributed by atoms with Gasteiger partial charge in [-0.05, 0) is 18.4 Å². The first-order chi connectivity index (χ1) is 8.59. The fourth-order valence-electron chi connectivity index (χ4n) is 2.09. The van der Waals surface area contributed by atoms with Gasteiger partial charge in [-0.15, -0.1) is 0 Å². The van der Waals surface area contributed by atoms with Gasteiger partial charge < -0.3 is 10.1 Å². The summed E-state index contributed by atoms with van der Waals surface area (Å²) in [6.45, 7) is 3.38. The van der Waals surface area contributed by atoms with E-state index in [9.17, 15) is 10.1 Å². The lowest BCUT2D eigenvalue weighted by atomic mass is 9.97. The van der Waals surface area contributed by atoms with Crippen molar-refractivity contribution in [1.29, 1.82) is 0 Å². The molecule has 18 heavy (non-hydrogen) atoms. The molecule has 1 N–H and O–H groups in total. The first-order valence-electron chi connectivity index (χ1n) is 5.86. The maximum Gasteiger partial charge on any atom is 0.293 e. The molecule has 0 aromatic heterocycles. The highest BCUT2D eigenvalue weighted by atomic mass is 35.5. The molecule has 2 rings (SSSR count). The van der Waals surface area contributed by atoms with E-state index >= 15 is 0 Å². The summed E-state index contributed by atoms with van der Waals surface area (Å²) in [5, 5.41) is 14.6. The molecule has 0 radical (unpaired) electrons. The number of halogens is 1. The Morgan fingerprint density at radius 3 is 3.00 bits per heavy atom. The van der Waals surface area contributed by atoms with Gasteiger partial charge in [0.05, 0.1) is 16.6 Å². The molecule has 98 valence electrons. The van der Waals surface area contributed by atoms with Gasteiger partial charge in [-0.3, -0.25) is 10.1 Å². The number of benzene rings is 1. The highest BCUT2D eigenvalue weighted by Gasteiger charge is 2.25. The van der Waals surface area contributed by atoms with E-state index in [2.05, 4.69) is 12.2 Å². The van der Waals surface area contributed by atoms with Gasteiger partial charge in [-0.25, -0.2) is 0 Å². The molecular formula is C12H15ClN2O3. The molecule has 1 fully saturated rings. The van der Waals surface area contributed by atoms with Crippen LogP contribution >= 0.6 is 11.6 Å². The number of nitrogens with one attached hydrogen (secondary N) is 1. The predicted octanol–water partition coefficient (Wildman–Crippen LogP) is 3.09. The quantitative estimate of drug-likeness (QED) is 0.677. The zero-order valence-electron chi connectivity index (χ0n) is 10.1. The van der Waals surface area contributed by atoms with Crippen LogP contribution in [0.1, 0.15) is 13.3 Å². The van der Waals surface area contributed by atoms with Crippen molar-refractivity contribution in [2.75, 3.05) is 18.5 Å². The Labute approximate surface area is 110 Å². The number of ether oxygens (including phenoxy) is 1.